The number of ether oxygens (including phenoxy) is 3. The summed E-state index contributed by atoms with van der Waals surface area (Å²) in [5, 5.41) is 0. The predicted octanol–water partition coefficient (Wildman–Crippen LogP) is 19.8. The fourth-order valence-electron chi connectivity index (χ4n) is 7.38. The van der Waals surface area contributed by atoms with E-state index in [1.54, 1.807) is 0 Å². The molecule has 0 fully saturated rings. The Kier molecular flexibility index (Phi) is 55.5. The zero-order valence-corrected chi connectivity index (χ0v) is 46.6. The van der Waals surface area contributed by atoms with E-state index in [-0.39, 0.29) is 50.4 Å². The van der Waals surface area contributed by atoms with Crippen molar-refractivity contribution in [3.63, 3.8) is 0 Å². The van der Waals surface area contributed by atoms with Gasteiger partial charge in [0.1, 0.15) is 13.2 Å². The summed E-state index contributed by atoms with van der Waals surface area (Å²) in [6, 6.07) is 0. The van der Waals surface area contributed by atoms with Crippen molar-refractivity contribution in [1.29, 1.82) is 0 Å². The first-order valence-electron chi connectivity index (χ1n) is 29.1. The van der Waals surface area contributed by atoms with Gasteiger partial charge >= 0.3 is 17.9 Å². The number of hydrogen-bond acceptors (Lipinski definition) is 6. The molecule has 0 heterocycles. The van der Waals surface area contributed by atoms with Crippen molar-refractivity contribution in [1.82, 2.24) is 0 Å². The van der Waals surface area contributed by atoms with Crippen molar-refractivity contribution in [2.75, 3.05) is 13.2 Å². The minimum absolute atomic E-state index is 0.133. The van der Waals surface area contributed by atoms with E-state index >= 15 is 0 Å². The Morgan fingerprint density at radius 2 is 0.630 bits per heavy atom. The van der Waals surface area contributed by atoms with Crippen LogP contribution < -0.4 is 0 Å². The molecule has 0 spiro atoms. The number of rotatable bonds is 50. The third kappa shape index (κ3) is 57.8. The van der Waals surface area contributed by atoms with Crippen molar-refractivity contribution in [3.8, 4) is 0 Å². The van der Waals surface area contributed by atoms with Gasteiger partial charge in [-0.1, -0.05) is 262 Å². The number of hydrogen-bond donors (Lipinski definition) is 0. The Balaban J connectivity index is 4.61. The first-order valence-corrected chi connectivity index (χ1v) is 29.1. The smallest absolute Gasteiger partial charge is 0.306 e. The molecule has 0 aromatic carbocycles. The lowest BCUT2D eigenvalue weighted by Gasteiger charge is -2.18. The average Bonchev–Trinajstić information content (AvgIpc) is 3.39. The van der Waals surface area contributed by atoms with Gasteiger partial charge in [0, 0.05) is 19.3 Å². The highest BCUT2D eigenvalue weighted by molar-refractivity contribution is 5.71. The maximum Gasteiger partial charge on any atom is 0.306 e. The number of unbranched alkanes of at least 4 members (excludes halogenated alkanes) is 18. The molecule has 0 aromatic rings. The monoisotopic (exact) mass is 1000 g/mol. The lowest BCUT2D eigenvalue weighted by Crippen LogP contribution is -2.30. The molecule has 0 radical (unpaired) electrons. The number of esters is 3. The number of carbonyl (C=O) groups is 3. The average molecular weight is 1010 g/mol. The van der Waals surface area contributed by atoms with Crippen molar-refractivity contribution in [2.45, 2.75) is 232 Å². The second kappa shape index (κ2) is 59.6. The molecule has 73 heavy (non-hydrogen) atoms. The molecule has 0 N–H and O–H groups in total. The van der Waals surface area contributed by atoms with Crippen LogP contribution in [0.25, 0.3) is 0 Å². The Hall–Kier alpha value is -4.97. The third-order valence-corrected chi connectivity index (χ3v) is 11.7. The van der Waals surface area contributed by atoms with Crippen LogP contribution in [0.2, 0.25) is 0 Å². The van der Waals surface area contributed by atoms with Crippen LogP contribution in [0.5, 0.6) is 0 Å². The molecule has 0 saturated carbocycles. The summed E-state index contributed by atoms with van der Waals surface area (Å²) in [4.78, 5) is 38.2. The fourth-order valence-corrected chi connectivity index (χ4v) is 7.38. The molecule has 0 aliphatic rings. The van der Waals surface area contributed by atoms with E-state index in [9.17, 15) is 14.4 Å². The van der Waals surface area contributed by atoms with Gasteiger partial charge in [0.15, 0.2) is 6.10 Å². The van der Waals surface area contributed by atoms with Crippen LogP contribution in [0.3, 0.4) is 0 Å². The summed E-state index contributed by atoms with van der Waals surface area (Å²) >= 11 is 0. The van der Waals surface area contributed by atoms with Crippen molar-refractivity contribution in [3.05, 3.63) is 158 Å². The van der Waals surface area contributed by atoms with Gasteiger partial charge in [-0.05, 0) is 103 Å². The zero-order chi connectivity index (χ0) is 52.9. The van der Waals surface area contributed by atoms with E-state index in [2.05, 4.69) is 106 Å². The maximum absolute atomic E-state index is 12.9. The fraction of sp³-hybridized carbons (Fsp3) is 0.567. The molecular formula is C67H104O6. The molecule has 1 unspecified atom stereocenters. The summed E-state index contributed by atoms with van der Waals surface area (Å²) in [7, 11) is 0. The second-order valence-electron chi connectivity index (χ2n) is 18.6. The molecule has 0 aliphatic heterocycles. The Morgan fingerprint density at radius 1 is 0.301 bits per heavy atom. The maximum atomic E-state index is 12.9. The Labute approximate surface area is 448 Å². The van der Waals surface area contributed by atoms with Gasteiger partial charge in [0.2, 0.25) is 0 Å². The van der Waals surface area contributed by atoms with E-state index in [4.69, 9.17) is 14.2 Å². The lowest BCUT2D eigenvalue weighted by molar-refractivity contribution is -0.166. The largest absolute Gasteiger partial charge is 0.462 e. The van der Waals surface area contributed by atoms with Gasteiger partial charge in [-0.25, -0.2) is 0 Å². The van der Waals surface area contributed by atoms with Crippen LogP contribution in [0.1, 0.15) is 226 Å². The van der Waals surface area contributed by atoms with Crippen LogP contribution in [0, 0.1) is 0 Å². The Morgan fingerprint density at radius 3 is 1.10 bits per heavy atom. The SMILES string of the molecule is CC\C=C/C=C\C=C/C=C\C=C\C=C/CCCCCC(=O)OCC(COC(=O)CC/C=C\C/C=C\C/C=C\C/C=C\C/C=C\C/C=C\CC)OC(=O)CCCCCCCCC/C=C\CCCCCCCCCC. The summed E-state index contributed by atoms with van der Waals surface area (Å²) in [6.45, 7) is 6.26. The van der Waals surface area contributed by atoms with Crippen molar-refractivity contribution in [2.24, 2.45) is 0 Å². The molecule has 0 saturated heterocycles. The molecule has 0 aromatic heterocycles. The number of carbonyl (C=O) groups excluding carboxylic acids is 3. The molecule has 0 aliphatic carbocycles. The lowest BCUT2D eigenvalue weighted by atomic mass is 10.1. The Bertz CT molecular complexity index is 1670. The second-order valence-corrected chi connectivity index (χ2v) is 18.6. The van der Waals surface area contributed by atoms with E-state index in [0.717, 1.165) is 83.5 Å². The number of allylic oxidation sites excluding steroid dienone is 26. The molecule has 6 nitrogen and oxygen atoms in total. The first-order chi connectivity index (χ1) is 36.0. The van der Waals surface area contributed by atoms with Crippen LogP contribution >= 0.6 is 0 Å². The minimum Gasteiger partial charge on any atom is -0.462 e. The molecule has 408 valence electrons. The summed E-state index contributed by atoms with van der Waals surface area (Å²) < 4.78 is 16.8. The molecule has 0 amide bonds. The normalized spacial score (nSPS) is 13.3. The van der Waals surface area contributed by atoms with E-state index in [1.165, 1.54) is 89.9 Å². The van der Waals surface area contributed by atoms with Gasteiger partial charge in [-0.2, -0.15) is 0 Å². The molecule has 0 bridgehead atoms. The van der Waals surface area contributed by atoms with E-state index < -0.39 is 6.10 Å². The predicted molar refractivity (Wildman–Crippen MR) is 315 cm³/mol. The first kappa shape index (κ1) is 68.0. The highest BCUT2D eigenvalue weighted by Gasteiger charge is 2.19. The van der Waals surface area contributed by atoms with E-state index in [1.807, 2.05) is 72.9 Å². The van der Waals surface area contributed by atoms with Crippen molar-refractivity contribution >= 4 is 17.9 Å². The van der Waals surface area contributed by atoms with Gasteiger partial charge in [-0.15, -0.1) is 0 Å². The third-order valence-electron chi connectivity index (χ3n) is 11.7. The quantitative estimate of drug-likeness (QED) is 0.0199. The summed E-state index contributed by atoms with van der Waals surface area (Å²) in [5.41, 5.74) is 0. The van der Waals surface area contributed by atoms with Gasteiger partial charge in [0.05, 0.1) is 0 Å². The molecular weight excluding hydrogens is 901 g/mol. The minimum atomic E-state index is -0.838. The highest BCUT2D eigenvalue weighted by Crippen LogP contribution is 2.14. The van der Waals surface area contributed by atoms with Crippen LogP contribution in [-0.4, -0.2) is 37.2 Å². The van der Waals surface area contributed by atoms with Crippen LogP contribution in [0.4, 0.5) is 0 Å². The van der Waals surface area contributed by atoms with Gasteiger partial charge < -0.3 is 14.2 Å². The molecule has 6 heteroatoms. The highest BCUT2D eigenvalue weighted by atomic mass is 16.6. The van der Waals surface area contributed by atoms with Crippen LogP contribution in [-0.2, 0) is 28.6 Å². The van der Waals surface area contributed by atoms with Crippen LogP contribution in [0.15, 0.2) is 158 Å². The summed E-state index contributed by atoms with van der Waals surface area (Å²) in [6.07, 6.45) is 86.7. The topological polar surface area (TPSA) is 78.9 Å². The molecule has 1 atom stereocenters. The molecule has 0 rings (SSSR count). The van der Waals surface area contributed by atoms with E-state index in [0.29, 0.717) is 12.8 Å². The zero-order valence-electron chi connectivity index (χ0n) is 46.6. The standard InChI is InChI=1S/C67H104O6/c1-4-7-10-13-16-19-22-25-28-31-33-36-39-42-45-48-51-54-57-60-66(69)72-63-64(62-71-65(68)59-56-53-50-47-44-41-38-35-30-27-24-21-18-15-12-9-6-3)73-67(70)61-58-55-52-49-46-43-40-37-34-32-29-26-23-20-17-14-11-8-5-2/h7,9-10,12,15-16,18-19,21,24-25,27-28,30,32-36,38,41-42,44-45,51,54,64H,4-6,8,11,13-14,17,20,22-23,26,29,31,37,39-40,43,46-50,52-53,55-63H2,1-3H3/b10-7-,12-9-,18-15-,19-16-,24-21-,28-25-,30-27-,34-32-,36-33-,38-35+,44-41-,45-42-,54-51-. The van der Waals surface area contributed by atoms with Gasteiger partial charge in [0.25, 0.3) is 0 Å². The van der Waals surface area contributed by atoms with Crippen molar-refractivity contribution < 1.29 is 28.6 Å². The van der Waals surface area contributed by atoms with Gasteiger partial charge in [-0.3, -0.25) is 14.4 Å². The summed E-state index contributed by atoms with van der Waals surface area (Å²) in [5.74, 6) is -1.07.